The Labute approximate surface area is 200 Å². The number of nitrogens with one attached hydrogen (secondary N) is 1. The van der Waals surface area contributed by atoms with Crippen molar-refractivity contribution in [3.8, 4) is 0 Å². The average molecular weight is 478 g/mol. The molecule has 0 aliphatic carbocycles. The summed E-state index contributed by atoms with van der Waals surface area (Å²) in [6.07, 6.45) is -2.01. The van der Waals surface area contributed by atoms with Crippen LogP contribution < -0.4 is 5.32 Å². The Morgan fingerprint density at radius 3 is 2.35 bits per heavy atom. The Hall–Kier alpha value is -3.10. The van der Waals surface area contributed by atoms with Crippen molar-refractivity contribution in [2.45, 2.75) is 78.2 Å². The minimum Gasteiger partial charge on any atom is -0.463 e. The lowest BCUT2D eigenvalue weighted by atomic mass is 9.91. The molecule has 1 fully saturated rings. The first kappa shape index (κ1) is 27.1. The summed E-state index contributed by atoms with van der Waals surface area (Å²) in [5.41, 5.74) is 0.216. The molecule has 34 heavy (non-hydrogen) atoms. The number of carbonyl (C=O) groups excluding carboxylic acids is 4. The predicted octanol–water partition coefficient (Wildman–Crippen LogP) is 3.19. The molecule has 0 bridgehead atoms. The fourth-order valence-electron chi connectivity index (χ4n) is 3.38. The van der Waals surface area contributed by atoms with Crippen LogP contribution in [0.1, 0.15) is 53.5 Å². The Morgan fingerprint density at radius 1 is 1.12 bits per heavy atom. The van der Waals surface area contributed by atoms with Crippen molar-refractivity contribution in [2.24, 2.45) is 11.8 Å². The molecule has 4 unspecified atom stereocenters. The van der Waals surface area contributed by atoms with Gasteiger partial charge in [0, 0.05) is 0 Å². The minimum atomic E-state index is -1.27. The number of esters is 3. The molecule has 0 saturated carbocycles. The number of benzene rings is 1. The summed E-state index contributed by atoms with van der Waals surface area (Å²) in [7, 11) is 0. The third kappa shape index (κ3) is 8.35. The van der Waals surface area contributed by atoms with Crippen molar-refractivity contribution in [1.82, 2.24) is 5.32 Å². The zero-order valence-corrected chi connectivity index (χ0v) is 20.7. The highest BCUT2D eigenvalue weighted by atomic mass is 16.6. The summed E-state index contributed by atoms with van der Waals surface area (Å²) in [6.45, 7) is 9.51. The van der Waals surface area contributed by atoms with Gasteiger partial charge in [0.15, 0.2) is 12.1 Å². The summed E-state index contributed by atoms with van der Waals surface area (Å²) in [5.74, 6) is -3.29. The van der Waals surface area contributed by atoms with Gasteiger partial charge in [0.1, 0.15) is 18.3 Å². The van der Waals surface area contributed by atoms with Crippen LogP contribution in [0, 0.1) is 11.8 Å². The van der Waals surface area contributed by atoms with E-state index in [1.54, 1.807) is 41.5 Å². The number of rotatable bonds is 6. The summed E-state index contributed by atoms with van der Waals surface area (Å²) in [4.78, 5) is 50.4. The van der Waals surface area contributed by atoms with Crippen molar-refractivity contribution in [3.05, 3.63) is 35.9 Å². The second-order valence-corrected chi connectivity index (χ2v) is 9.66. The van der Waals surface area contributed by atoms with Crippen LogP contribution in [0.2, 0.25) is 0 Å². The molecule has 1 aliphatic rings. The second-order valence-electron chi connectivity index (χ2n) is 9.66. The number of ether oxygens (including phenoxy) is 4. The van der Waals surface area contributed by atoms with Gasteiger partial charge in [0.05, 0.1) is 11.8 Å². The summed E-state index contributed by atoms with van der Waals surface area (Å²) < 4.78 is 21.7. The van der Waals surface area contributed by atoms with E-state index in [-0.39, 0.29) is 0 Å². The molecule has 0 radical (unpaired) electrons. The van der Waals surface area contributed by atoms with Gasteiger partial charge in [-0.05, 0) is 46.1 Å². The van der Waals surface area contributed by atoms with Crippen LogP contribution in [0.15, 0.2) is 30.3 Å². The molecule has 1 saturated heterocycles. The van der Waals surface area contributed by atoms with E-state index >= 15 is 0 Å². The monoisotopic (exact) mass is 477 g/mol. The third-order valence-electron chi connectivity index (χ3n) is 5.14. The van der Waals surface area contributed by atoms with Crippen LogP contribution in [-0.2, 0) is 39.8 Å². The molecule has 0 aromatic heterocycles. The molecule has 1 aliphatic heterocycles. The standard InChI is InChI=1S/C25H35NO8/c1-15(2)21(27)33-20-16(3)32-23(29)19(26-24(30)34-25(4,5)6)14-31-22(28)18(20)13-12-17-10-8-7-9-11-17/h7-11,15-16,18-20H,12-14H2,1-6H3,(H,26,30). The van der Waals surface area contributed by atoms with Gasteiger partial charge in [-0.3, -0.25) is 9.59 Å². The Morgan fingerprint density at radius 2 is 1.76 bits per heavy atom. The number of carbonyl (C=O) groups is 4. The smallest absolute Gasteiger partial charge is 0.408 e. The Balaban J connectivity index is 2.25. The van der Waals surface area contributed by atoms with E-state index in [9.17, 15) is 19.2 Å². The van der Waals surface area contributed by atoms with E-state index < -0.39 is 66.3 Å². The number of alkyl carbamates (subject to hydrolysis) is 1. The highest BCUT2D eigenvalue weighted by molar-refractivity contribution is 5.83. The molecule has 9 nitrogen and oxygen atoms in total. The summed E-state index contributed by atoms with van der Waals surface area (Å²) >= 11 is 0. The molecule has 188 valence electrons. The van der Waals surface area contributed by atoms with Crippen molar-refractivity contribution >= 4 is 24.0 Å². The van der Waals surface area contributed by atoms with Crippen LogP contribution in [0.5, 0.6) is 0 Å². The maximum Gasteiger partial charge on any atom is 0.408 e. The molecule has 2 rings (SSSR count). The number of hydrogen-bond acceptors (Lipinski definition) is 8. The SMILES string of the molecule is CC(C)C(=O)OC1C(C)OC(=O)C(NC(=O)OC(C)(C)C)COC(=O)C1CCc1ccccc1. The highest BCUT2D eigenvalue weighted by Gasteiger charge is 2.42. The minimum absolute atomic E-state index is 0.310. The summed E-state index contributed by atoms with van der Waals surface area (Å²) in [6, 6.07) is 8.27. The predicted molar refractivity (Wildman–Crippen MR) is 123 cm³/mol. The highest BCUT2D eigenvalue weighted by Crippen LogP contribution is 2.25. The van der Waals surface area contributed by atoms with Gasteiger partial charge < -0.3 is 24.3 Å². The number of cyclic esters (lactones) is 2. The molecule has 0 spiro atoms. The van der Waals surface area contributed by atoms with Crippen molar-refractivity contribution in [3.63, 3.8) is 0 Å². The third-order valence-corrected chi connectivity index (χ3v) is 5.14. The fourth-order valence-corrected chi connectivity index (χ4v) is 3.38. The fraction of sp³-hybridized carbons (Fsp3) is 0.600. The first-order chi connectivity index (χ1) is 15.9. The largest absolute Gasteiger partial charge is 0.463 e. The van der Waals surface area contributed by atoms with Gasteiger partial charge >= 0.3 is 24.0 Å². The molecule has 4 atom stereocenters. The van der Waals surface area contributed by atoms with Gasteiger partial charge in [-0.1, -0.05) is 44.2 Å². The molecule has 1 aromatic carbocycles. The van der Waals surface area contributed by atoms with Gasteiger partial charge in [-0.2, -0.15) is 0 Å². The molecule has 9 heteroatoms. The normalized spacial score (nSPS) is 23.6. The lowest BCUT2D eigenvalue weighted by molar-refractivity contribution is -0.176. The van der Waals surface area contributed by atoms with E-state index in [0.717, 1.165) is 5.56 Å². The van der Waals surface area contributed by atoms with E-state index in [2.05, 4.69) is 5.32 Å². The van der Waals surface area contributed by atoms with Crippen LogP contribution in [0.3, 0.4) is 0 Å². The zero-order valence-electron chi connectivity index (χ0n) is 20.7. The van der Waals surface area contributed by atoms with E-state index in [1.165, 1.54) is 0 Å². The topological polar surface area (TPSA) is 117 Å². The van der Waals surface area contributed by atoms with Crippen LogP contribution in [0.4, 0.5) is 4.79 Å². The van der Waals surface area contributed by atoms with Crippen molar-refractivity contribution < 1.29 is 38.1 Å². The lowest BCUT2D eigenvalue weighted by Crippen LogP contribution is -2.48. The molecule has 1 amide bonds. The average Bonchev–Trinajstić information content (AvgIpc) is 2.77. The number of amides is 1. The number of hydrogen-bond donors (Lipinski definition) is 1. The Bertz CT molecular complexity index is 861. The molecule has 1 heterocycles. The maximum absolute atomic E-state index is 13.1. The van der Waals surface area contributed by atoms with Gasteiger partial charge in [0.2, 0.25) is 0 Å². The van der Waals surface area contributed by atoms with Gasteiger partial charge in [-0.15, -0.1) is 0 Å². The molecule has 1 N–H and O–H groups in total. The van der Waals surface area contributed by atoms with Crippen molar-refractivity contribution in [2.75, 3.05) is 6.61 Å². The second kappa shape index (κ2) is 11.9. The summed E-state index contributed by atoms with van der Waals surface area (Å²) in [5, 5.41) is 2.39. The molecular weight excluding hydrogens is 442 g/mol. The van der Waals surface area contributed by atoms with Crippen LogP contribution >= 0.6 is 0 Å². The molecular formula is C25H35NO8. The van der Waals surface area contributed by atoms with E-state index in [0.29, 0.717) is 12.8 Å². The lowest BCUT2D eigenvalue weighted by Gasteiger charge is -2.29. The van der Waals surface area contributed by atoms with Crippen LogP contribution in [0.25, 0.3) is 0 Å². The molecule has 1 aromatic rings. The maximum atomic E-state index is 13.1. The number of aryl methyl sites for hydroxylation is 1. The van der Waals surface area contributed by atoms with Crippen molar-refractivity contribution in [1.29, 1.82) is 0 Å². The van der Waals surface area contributed by atoms with Gasteiger partial charge in [0.25, 0.3) is 0 Å². The Kier molecular flexibility index (Phi) is 9.46. The van der Waals surface area contributed by atoms with E-state index in [4.69, 9.17) is 18.9 Å². The first-order valence-electron chi connectivity index (χ1n) is 11.5. The first-order valence-corrected chi connectivity index (χ1v) is 11.5. The van der Waals surface area contributed by atoms with Crippen LogP contribution in [-0.4, -0.2) is 54.5 Å². The van der Waals surface area contributed by atoms with E-state index in [1.807, 2.05) is 30.3 Å². The van der Waals surface area contributed by atoms with Gasteiger partial charge in [-0.25, -0.2) is 9.59 Å². The quantitative estimate of drug-likeness (QED) is 0.490. The zero-order chi connectivity index (χ0) is 25.5.